The first kappa shape index (κ1) is 12.2. The van der Waals surface area contributed by atoms with Crippen molar-refractivity contribution in [2.45, 2.75) is 39.3 Å². The average Bonchev–Trinajstić information content (AvgIpc) is 2.66. The predicted molar refractivity (Wildman–Crippen MR) is 60.6 cm³/mol. The zero-order valence-electron chi connectivity index (χ0n) is 9.82. The molecule has 0 saturated carbocycles. The van der Waals surface area contributed by atoms with Gasteiger partial charge in [0.25, 0.3) is 0 Å². The normalized spacial score (nSPS) is 15.2. The maximum absolute atomic E-state index is 10.3. The Morgan fingerprint density at radius 1 is 1.53 bits per heavy atom. The molecule has 0 spiro atoms. The molecule has 0 aliphatic carbocycles. The van der Waals surface area contributed by atoms with Crippen molar-refractivity contribution in [3.05, 3.63) is 18.2 Å². The number of aliphatic hydroxyl groups is 1. The van der Waals surface area contributed by atoms with E-state index in [2.05, 4.69) is 17.2 Å². The number of hydrogen-bond acceptors (Lipinski definition) is 3. The monoisotopic (exact) mass is 211 g/mol. The zero-order valence-corrected chi connectivity index (χ0v) is 9.82. The van der Waals surface area contributed by atoms with Crippen LogP contribution in [0.5, 0.6) is 0 Å². The minimum absolute atomic E-state index is 0.540. The van der Waals surface area contributed by atoms with Crippen molar-refractivity contribution in [3.8, 4) is 0 Å². The van der Waals surface area contributed by atoms with Gasteiger partial charge < -0.3 is 15.0 Å². The van der Waals surface area contributed by atoms with Gasteiger partial charge in [-0.15, -0.1) is 0 Å². The summed E-state index contributed by atoms with van der Waals surface area (Å²) in [4.78, 5) is 4.21. The summed E-state index contributed by atoms with van der Waals surface area (Å²) >= 11 is 0. The van der Waals surface area contributed by atoms with Gasteiger partial charge in [-0.1, -0.05) is 6.92 Å². The van der Waals surface area contributed by atoms with Crippen molar-refractivity contribution >= 4 is 0 Å². The third-order valence-electron chi connectivity index (χ3n) is 2.43. The van der Waals surface area contributed by atoms with Gasteiger partial charge >= 0.3 is 0 Å². The molecule has 15 heavy (non-hydrogen) atoms. The van der Waals surface area contributed by atoms with Crippen LogP contribution in [0.4, 0.5) is 0 Å². The molecule has 4 nitrogen and oxygen atoms in total. The number of nitrogens with one attached hydrogen (secondary N) is 1. The fourth-order valence-corrected chi connectivity index (χ4v) is 1.62. The van der Waals surface area contributed by atoms with Gasteiger partial charge in [0.15, 0.2) is 0 Å². The highest BCUT2D eigenvalue weighted by Gasteiger charge is 2.27. The van der Waals surface area contributed by atoms with E-state index in [0.717, 1.165) is 25.3 Å². The Kier molecular flexibility index (Phi) is 4.29. The summed E-state index contributed by atoms with van der Waals surface area (Å²) < 4.78 is 1.97. The number of rotatable bonds is 6. The van der Waals surface area contributed by atoms with Crippen LogP contribution >= 0.6 is 0 Å². The highest BCUT2D eigenvalue weighted by molar-refractivity contribution is 5.04. The van der Waals surface area contributed by atoms with Gasteiger partial charge in [0.05, 0.1) is 0 Å². The molecule has 0 saturated heterocycles. The van der Waals surface area contributed by atoms with Crippen molar-refractivity contribution in [1.82, 2.24) is 14.9 Å². The molecule has 0 radical (unpaired) electrons. The van der Waals surface area contributed by atoms with Crippen molar-refractivity contribution < 1.29 is 5.11 Å². The van der Waals surface area contributed by atoms with Gasteiger partial charge in [-0.3, -0.25) is 0 Å². The summed E-state index contributed by atoms with van der Waals surface area (Å²) in [5.74, 6) is 0.730. The topological polar surface area (TPSA) is 50.1 Å². The molecule has 0 aliphatic heterocycles. The Morgan fingerprint density at radius 3 is 2.87 bits per heavy atom. The Balaban J connectivity index is 2.67. The molecule has 0 fully saturated rings. The molecule has 1 unspecified atom stereocenters. The van der Waals surface area contributed by atoms with Crippen LogP contribution in [0.3, 0.4) is 0 Å². The van der Waals surface area contributed by atoms with Crippen molar-refractivity contribution in [1.29, 1.82) is 0 Å². The largest absolute Gasteiger partial charge is 0.381 e. The van der Waals surface area contributed by atoms with Crippen LogP contribution in [-0.4, -0.2) is 27.7 Å². The van der Waals surface area contributed by atoms with E-state index in [1.54, 1.807) is 13.1 Å². The highest BCUT2D eigenvalue weighted by atomic mass is 16.3. The Morgan fingerprint density at radius 2 is 2.27 bits per heavy atom. The van der Waals surface area contributed by atoms with Crippen molar-refractivity contribution in [3.63, 3.8) is 0 Å². The van der Waals surface area contributed by atoms with Crippen LogP contribution in [0, 0.1) is 0 Å². The second-order valence-corrected chi connectivity index (χ2v) is 3.99. The third-order valence-corrected chi connectivity index (χ3v) is 2.43. The first-order chi connectivity index (χ1) is 7.11. The lowest BCUT2D eigenvalue weighted by Gasteiger charge is -2.23. The van der Waals surface area contributed by atoms with E-state index < -0.39 is 5.60 Å². The Hall–Kier alpha value is -0.870. The van der Waals surface area contributed by atoms with Crippen LogP contribution in [0.2, 0.25) is 0 Å². The molecule has 4 heteroatoms. The summed E-state index contributed by atoms with van der Waals surface area (Å²) in [6.45, 7) is 8.24. The second-order valence-electron chi connectivity index (χ2n) is 3.99. The van der Waals surface area contributed by atoms with Gasteiger partial charge in [0, 0.05) is 25.5 Å². The fraction of sp³-hybridized carbons (Fsp3) is 0.727. The molecule has 1 rings (SSSR count). The van der Waals surface area contributed by atoms with Gasteiger partial charge in [-0.2, -0.15) is 0 Å². The van der Waals surface area contributed by atoms with Gasteiger partial charge in [0.2, 0.25) is 0 Å². The van der Waals surface area contributed by atoms with Gasteiger partial charge in [0.1, 0.15) is 11.4 Å². The lowest BCUT2D eigenvalue weighted by Crippen LogP contribution is -2.38. The molecule has 1 aromatic rings. The Bertz CT molecular complexity index is 294. The average molecular weight is 211 g/mol. The first-order valence-electron chi connectivity index (χ1n) is 5.56. The van der Waals surface area contributed by atoms with Crippen molar-refractivity contribution in [2.24, 2.45) is 0 Å². The predicted octanol–water partition coefficient (Wildman–Crippen LogP) is 1.11. The molecule has 2 N–H and O–H groups in total. The zero-order chi connectivity index (χ0) is 11.3. The minimum Gasteiger partial charge on any atom is -0.381 e. The number of imidazole rings is 1. The highest BCUT2D eigenvalue weighted by Crippen LogP contribution is 2.17. The molecule has 0 aliphatic rings. The summed E-state index contributed by atoms with van der Waals surface area (Å²) in [5, 5.41) is 13.5. The van der Waals surface area contributed by atoms with E-state index in [0.29, 0.717) is 6.54 Å². The van der Waals surface area contributed by atoms with Crippen LogP contribution in [0.15, 0.2) is 12.4 Å². The number of nitrogens with zero attached hydrogens (tertiary/aromatic N) is 2. The lowest BCUT2D eigenvalue weighted by molar-refractivity contribution is 0.0444. The maximum Gasteiger partial charge on any atom is 0.141 e. The Labute approximate surface area is 91.3 Å². The van der Waals surface area contributed by atoms with E-state index >= 15 is 0 Å². The van der Waals surface area contributed by atoms with Crippen LogP contribution in [0.1, 0.15) is 33.0 Å². The molecule has 1 heterocycles. The van der Waals surface area contributed by atoms with Crippen LogP contribution in [-0.2, 0) is 12.1 Å². The summed E-state index contributed by atoms with van der Waals surface area (Å²) in [5.41, 5.74) is -0.894. The standard InChI is InChI=1S/C11H21N3O/c1-4-6-12-9-11(3,15)10-13-7-8-14(10)5-2/h7-8,12,15H,4-6,9H2,1-3H3. The third kappa shape index (κ3) is 3.04. The number of hydrogen-bond donors (Lipinski definition) is 2. The molecule has 86 valence electrons. The maximum atomic E-state index is 10.3. The van der Waals surface area contributed by atoms with Crippen LogP contribution in [0.25, 0.3) is 0 Å². The quantitative estimate of drug-likeness (QED) is 0.693. The van der Waals surface area contributed by atoms with E-state index in [4.69, 9.17) is 0 Å². The van der Waals surface area contributed by atoms with E-state index in [-0.39, 0.29) is 0 Å². The van der Waals surface area contributed by atoms with E-state index in [1.807, 2.05) is 17.7 Å². The molecule has 0 bridgehead atoms. The molecule has 1 atom stereocenters. The summed E-state index contributed by atoms with van der Waals surface area (Å²) in [7, 11) is 0. The van der Waals surface area contributed by atoms with E-state index in [1.165, 1.54) is 0 Å². The fourth-order valence-electron chi connectivity index (χ4n) is 1.62. The smallest absolute Gasteiger partial charge is 0.141 e. The number of aryl methyl sites for hydroxylation is 1. The molecular formula is C11H21N3O. The summed E-state index contributed by atoms with van der Waals surface area (Å²) in [6.07, 6.45) is 4.69. The molecular weight excluding hydrogens is 190 g/mol. The second kappa shape index (κ2) is 5.28. The number of aromatic nitrogens is 2. The first-order valence-corrected chi connectivity index (χ1v) is 5.56. The SMILES string of the molecule is CCCNCC(C)(O)c1nccn1CC. The van der Waals surface area contributed by atoms with Crippen LogP contribution < -0.4 is 5.32 Å². The lowest BCUT2D eigenvalue weighted by atomic mass is 10.1. The van der Waals surface area contributed by atoms with E-state index in [9.17, 15) is 5.11 Å². The molecule has 1 aromatic heterocycles. The van der Waals surface area contributed by atoms with Gasteiger partial charge in [-0.05, 0) is 26.8 Å². The minimum atomic E-state index is -0.894. The van der Waals surface area contributed by atoms with Crippen molar-refractivity contribution in [2.75, 3.05) is 13.1 Å². The van der Waals surface area contributed by atoms with Gasteiger partial charge in [-0.25, -0.2) is 4.98 Å². The summed E-state index contributed by atoms with van der Waals surface area (Å²) in [6, 6.07) is 0. The molecule has 0 amide bonds. The molecule has 0 aromatic carbocycles.